The highest BCUT2D eigenvalue weighted by molar-refractivity contribution is 7.99. The lowest BCUT2D eigenvalue weighted by Gasteiger charge is -2.18. The molecule has 2 aliphatic rings. The van der Waals surface area contributed by atoms with Crippen LogP contribution < -0.4 is 0 Å². The number of rotatable bonds is 3. The van der Waals surface area contributed by atoms with Gasteiger partial charge in [-0.05, 0) is 56.1 Å². The van der Waals surface area contributed by atoms with E-state index in [1.165, 1.54) is 49.2 Å². The zero-order valence-electron chi connectivity index (χ0n) is 9.00. The Labute approximate surface area is 91.3 Å². The molecule has 0 radical (unpaired) electrons. The smallest absolute Gasteiger partial charge is 0.0986 e. The number of hydrogen-bond acceptors (Lipinski definition) is 2. The van der Waals surface area contributed by atoms with Crippen molar-refractivity contribution in [3.8, 4) is 0 Å². The number of allylic oxidation sites excluding steroid dienone is 1. The summed E-state index contributed by atoms with van der Waals surface area (Å²) in [6.07, 6.45) is 9.10. The number of hydrogen-bond donors (Lipinski definition) is 0. The van der Waals surface area contributed by atoms with Gasteiger partial charge in [-0.2, -0.15) is 11.8 Å². The maximum Gasteiger partial charge on any atom is 0.0986 e. The third-order valence-electron chi connectivity index (χ3n) is 3.32. The summed E-state index contributed by atoms with van der Waals surface area (Å²) in [7, 11) is 0. The Bertz CT molecular complexity index is 198. The summed E-state index contributed by atoms with van der Waals surface area (Å²) in [5.41, 5.74) is 1.53. The van der Waals surface area contributed by atoms with E-state index >= 15 is 0 Å². The van der Waals surface area contributed by atoms with Crippen molar-refractivity contribution >= 4 is 11.8 Å². The summed E-state index contributed by atoms with van der Waals surface area (Å²) in [5, 5.41) is 0. The van der Waals surface area contributed by atoms with Gasteiger partial charge in [-0.25, -0.2) is 0 Å². The summed E-state index contributed by atoms with van der Waals surface area (Å²) < 4.78 is 5.83. The van der Waals surface area contributed by atoms with E-state index in [0.717, 1.165) is 5.92 Å². The second-order valence-electron chi connectivity index (χ2n) is 4.45. The van der Waals surface area contributed by atoms with E-state index in [-0.39, 0.29) is 0 Å². The average Bonchev–Trinajstić information content (AvgIpc) is 2.87. The normalized spacial score (nSPS) is 29.2. The Morgan fingerprint density at radius 3 is 2.86 bits per heavy atom. The first kappa shape index (κ1) is 10.4. The Morgan fingerprint density at radius 1 is 1.43 bits per heavy atom. The quantitative estimate of drug-likeness (QED) is 0.661. The first-order chi connectivity index (χ1) is 6.86. The molecule has 2 fully saturated rings. The van der Waals surface area contributed by atoms with Gasteiger partial charge in [0.05, 0.1) is 12.4 Å². The SMILES string of the molecule is CC(OC=C1CCCC1)C1CCSC1. The molecule has 2 atom stereocenters. The van der Waals surface area contributed by atoms with Crippen LogP contribution in [0.4, 0.5) is 0 Å². The van der Waals surface area contributed by atoms with Gasteiger partial charge < -0.3 is 4.74 Å². The van der Waals surface area contributed by atoms with Gasteiger partial charge >= 0.3 is 0 Å². The van der Waals surface area contributed by atoms with Gasteiger partial charge in [0.2, 0.25) is 0 Å². The average molecular weight is 212 g/mol. The molecule has 1 heterocycles. The Balaban J connectivity index is 1.75. The lowest BCUT2D eigenvalue weighted by Crippen LogP contribution is -2.18. The molecule has 1 nitrogen and oxygen atoms in total. The van der Waals surface area contributed by atoms with E-state index in [9.17, 15) is 0 Å². The molecule has 80 valence electrons. The summed E-state index contributed by atoms with van der Waals surface area (Å²) in [6.45, 7) is 2.22. The highest BCUT2D eigenvalue weighted by atomic mass is 32.2. The fourth-order valence-electron chi connectivity index (χ4n) is 2.18. The first-order valence-electron chi connectivity index (χ1n) is 5.77. The third kappa shape index (κ3) is 2.69. The van der Waals surface area contributed by atoms with E-state index in [4.69, 9.17) is 4.74 Å². The molecule has 1 aliphatic heterocycles. The van der Waals surface area contributed by atoms with Crippen LogP contribution in [0, 0.1) is 5.92 Å². The standard InChI is InChI=1S/C12H20OS/c1-10(12-6-7-14-9-12)13-8-11-4-2-3-5-11/h8,10,12H,2-7,9H2,1H3. The van der Waals surface area contributed by atoms with Gasteiger partial charge in [0, 0.05) is 5.92 Å². The third-order valence-corrected chi connectivity index (χ3v) is 4.51. The van der Waals surface area contributed by atoms with Crippen LogP contribution in [0.2, 0.25) is 0 Å². The largest absolute Gasteiger partial charge is 0.498 e. The van der Waals surface area contributed by atoms with Crippen LogP contribution >= 0.6 is 11.8 Å². The van der Waals surface area contributed by atoms with Crippen molar-refractivity contribution in [1.82, 2.24) is 0 Å². The van der Waals surface area contributed by atoms with Crippen molar-refractivity contribution in [3.63, 3.8) is 0 Å². The van der Waals surface area contributed by atoms with E-state index in [1.54, 1.807) is 0 Å². The predicted molar refractivity (Wildman–Crippen MR) is 62.5 cm³/mol. The molecule has 1 saturated carbocycles. The number of ether oxygens (including phenoxy) is 1. The molecule has 0 aromatic rings. The van der Waals surface area contributed by atoms with Gasteiger partial charge in [-0.1, -0.05) is 0 Å². The van der Waals surface area contributed by atoms with Crippen molar-refractivity contribution < 1.29 is 4.74 Å². The minimum Gasteiger partial charge on any atom is -0.498 e. The zero-order chi connectivity index (χ0) is 9.80. The van der Waals surface area contributed by atoms with Crippen molar-refractivity contribution in [2.24, 2.45) is 5.92 Å². The summed E-state index contributed by atoms with van der Waals surface area (Å²) >= 11 is 2.07. The Morgan fingerprint density at radius 2 is 2.21 bits per heavy atom. The lowest BCUT2D eigenvalue weighted by atomic mass is 10.0. The van der Waals surface area contributed by atoms with Gasteiger partial charge in [-0.3, -0.25) is 0 Å². The molecule has 0 spiro atoms. The molecule has 0 amide bonds. The van der Waals surface area contributed by atoms with Gasteiger partial charge in [0.15, 0.2) is 0 Å². The zero-order valence-corrected chi connectivity index (χ0v) is 9.81. The van der Waals surface area contributed by atoms with Crippen LogP contribution in [-0.2, 0) is 4.74 Å². The van der Waals surface area contributed by atoms with Crippen molar-refractivity contribution in [3.05, 3.63) is 11.8 Å². The van der Waals surface area contributed by atoms with Gasteiger partial charge in [-0.15, -0.1) is 0 Å². The van der Waals surface area contributed by atoms with Gasteiger partial charge in [0.25, 0.3) is 0 Å². The van der Waals surface area contributed by atoms with Crippen LogP contribution in [0.25, 0.3) is 0 Å². The minimum absolute atomic E-state index is 0.429. The van der Waals surface area contributed by atoms with Gasteiger partial charge in [0.1, 0.15) is 0 Å². The monoisotopic (exact) mass is 212 g/mol. The molecule has 0 aromatic heterocycles. The number of thioether (sulfide) groups is 1. The second-order valence-corrected chi connectivity index (χ2v) is 5.60. The summed E-state index contributed by atoms with van der Waals surface area (Å²) in [4.78, 5) is 0. The molecule has 2 unspecified atom stereocenters. The van der Waals surface area contributed by atoms with E-state index < -0.39 is 0 Å². The fraction of sp³-hybridized carbons (Fsp3) is 0.833. The van der Waals surface area contributed by atoms with E-state index in [0.29, 0.717) is 6.10 Å². The second kappa shape index (κ2) is 5.11. The molecule has 2 rings (SSSR count). The topological polar surface area (TPSA) is 9.23 Å². The van der Waals surface area contributed by atoms with Crippen LogP contribution in [0.1, 0.15) is 39.0 Å². The molecular weight excluding hydrogens is 192 g/mol. The van der Waals surface area contributed by atoms with Crippen LogP contribution in [-0.4, -0.2) is 17.6 Å². The molecular formula is C12H20OS. The molecule has 1 aliphatic carbocycles. The van der Waals surface area contributed by atoms with Crippen molar-refractivity contribution in [2.45, 2.75) is 45.1 Å². The van der Waals surface area contributed by atoms with Crippen LogP contribution in [0.15, 0.2) is 11.8 Å². The lowest BCUT2D eigenvalue weighted by molar-refractivity contribution is 0.111. The highest BCUT2D eigenvalue weighted by Gasteiger charge is 2.22. The highest BCUT2D eigenvalue weighted by Crippen LogP contribution is 2.29. The van der Waals surface area contributed by atoms with Crippen LogP contribution in [0.5, 0.6) is 0 Å². The molecule has 0 bridgehead atoms. The molecule has 0 N–H and O–H groups in total. The maximum absolute atomic E-state index is 5.83. The molecule has 14 heavy (non-hydrogen) atoms. The maximum atomic E-state index is 5.83. The van der Waals surface area contributed by atoms with Crippen molar-refractivity contribution in [2.75, 3.05) is 11.5 Å². The van der Waals surface area contributed by atoms with E-state index in [2.05, 4.69) is 24.9 Å². The summed E-state index contributed by atoms with van der Waals surface area (Å²) in [6, 6.07) is 0. The Kier molecular flexibility index (Phi) is 3.80. The Hall–Kier alpha value is -0.110. The van der Waals surface area contributed by atoms with Crippen molar-refractivity contribution in [1.29, 1.82) is 0 Å². The first-order valence-corrected chi connectivity index (χ1v) is 6.93. The predicted octanol–water partition coefficient (Wildman–Crippen LogP) is 3.60. The summed E-state index contributed by atoms with van der Waals surface area (Å²) in [5.74, 6) is 3.41. The van der Waals surface area contributed by atoms with E-state index in [1.807, 2.05) is 0 Å². The van der Waals surface area contributed by atoms with Crippen LogP contribution in [0.3, 0.4) is 0 Å². The minimum atomic E-state index is 0.429. The molecule has 1 saturated heterocycles. The molecule has 0 aromatic carbocycles. The molecule has 2 heteroatoms. The fourth-order valence-corrected chi connectivity index (χ4v) is 3.56.